The number of anilines is 1. The van der Waals surface area contributed by atoms with Crippen LogP contribution in [0.3, 0.4) is 0 Å². The third-order valence-corrected chi connectivity index (χ3v) is 4.12. The molecule has 9 nitrogen and oxygen atoms in total. The molecule has 2 aromatic rings. The van der Waals surface area contributed by atoms with Gasteiger partial charge >= 0.3 is 5.97 Å². The van der Waals surface area contributed by atoms with E-state index < -0.39 is 22.4 Å². The van der Waals surface area contributed by atoms with Gasteiger partial charge in [0.2, 0.25) is 0 Å². The summed E-state index contributed by atoms with van der Waals surface area (Å²) in [5.41, 5.74) is 0.254. The molecule has 2 heterocycles. The largest absolute Gasteiger partial charge is 0.463 e. The number of aromatic nitrogens is 2. The summed E-state index contributed by atoms with van der Waals surface area (Å²) < 4.78 is 5.12. The van der Waals surface area contributed by atoms with Gasteiger partial charge in [-0.1, -0.05) is 18.2 Å². The average molecular weight is 356 g/mol. The summed E-state index contributed by atoms with van der Waals surface area (Å²) in [6, 6.07) is 6.00. The molecule has 0 radical (unpaired) electrons. The van der Waals surface area contributed by atoms with E-state index in [0.29, 0.717) is 5.70 Å². The van der Waals surface area contributed by atoms with Crippen molar-refractivity contribution in [3.63, 3.8) is 0 Å². The van der Waals surface area contributed by atoms with Crippen molar-refractivity contribution in [3.05, 3.63) is 73.5 Å². The van der Waals surface area contributed by atoms with Crippen LogP contribution < -0.4 is 10.9 Å². The molecule has 1 aliphatic rings. The first kappa shape index (κ1) is 17.3. The number of ether oxygens (including phenoxy) is 1. The van der Waals surface area contributed by atoms with Crippen molar-refractivity contribution in [2.75, 3.05) is 11.9 Å². The lowest BCUT2D eigenvalue weighted by Crippen LogP contribution is -2.31. The van der Waals surface area contributed by atoms with Gasteiger partial charge in [-0.3, -0.25) is 14.9 Å². The predicted molar refractivity (Wildman–Crippen MR) is 92.8 cm³/mol. The topological polar surface area (TPSA) is 127 Å². The van der Waals surface area contributed by atoms with E-state index in [9.17, 15) is 19.7 Å². The number of hydrogen-bond donors (Lipinski definition) is 2. The maximum Gasteiger partial charge on any atom is 0.336 e. The Balaban J connectivity index is 2.33. The van der Waals surface area contributed by atoms with Crippen LogP contribution in [0.4, 0.5) is 11.5 Å². The quantitative estimate of drug-likeness (QED) is 0.487. The predicted octanol–water partition coefficient (Wildman–Crippen LogP) is 2.07. The first-order valence-corrected chi connectivity index (χ1v) is 7.91. The smallest absolute Gasteiger partial charge is 0.336 e. The number of nitro benzene ring substituents is 1. The van der Waals surface area contributed by atoms with Crippen molar-refractivity contribution >= 4 is 17.5 Å². The van der Waals surface area contributed by atoms with Gasteiger partial charge in [0.25, 0.3) is 11.2 Å². The zero-order chi connectivity index (χ0) is 18.8. The fourth-order valence-electron chi connectivity index (χ4n) is 3.07. The van der Waals surface area contributed by atoms with Crippen LogP contribution in [0, 0.1) is 10.1 Å². The molecule has 0 fully saturated rings. The summed E-state index contributed by atoms with van der Waals surface area (Å²) in [6.45, 7) is 3.43. The summed E-state index contributed by atoms with van der Waals surface area (Å²) in [6.07, 6.45) is 1.23. The van der Waals surface area contributed by atoms with E-state index >= 15 is 0 Å². The number of carbonyl (C=O) groups excluding carboxylic acids is 1. The number of allylic oxidation sites excluding steroid dienone is 1. The van der Waals surface area contributed by atoms with Gasteiger partial charge in [0, 0.05) is 17.3 Å². The molecule has 1 aliphatic heterocycles. The zero-order valence-electron chi connectivity index (χ0n) is 14.1. The van der Waals surface area contributed by atoms with E-state index in [2.05, 4.69) is 15.3 Å². The molecule has 3 rings (SSSR count). The van der Waals surface area contributed by atoms with Gasteiger partial charge in [-0.15, -0.1) is 0 Å². The van der Waals surface area contributed by atoms with Crippen LogP contribution >= 0.6 is 0 Å². The Morgan fingerprint density at radius 3 is 2.81 bits per heavy atom. The Bertz CT molecular complexity index is 979. The highest BCUT2D eigenvalue weighted by Gasteiger charge is 2.38. The van der Waals surface area contributed by atoms with E-state index in [4.69, 9.17) is 4.74 Å². The van der Waals surface area contributed by atoms with Crippen LogP contribution in [0.25, 0.3) is 0 Å². The zero-order valence-corrected chi connectivity index (χ0v) is 14.1. The molecule has 1 atom stereocenters. The molecule has 26 heavy (non-hydrogen) atoms. The minimum absolute atomic E-state index is 0.134. The second-order valence-electron chi connectivity index (χ2n) is 5.63. The minimum atomic E-state index is -0.968. The molecule has 0 bridgehead atoms. The summed E-state index contributed by atoms with van der Waals surface area (Å²) in [5.74, 6) is -1.36. The van der Waals surface area contributed by atoms with Gasteiger partial charge in [0.05, 0.1) is 34.9 Å². The summed E-state index contributed by atoms with van der Waals surface area (Å²) in [7, 11) is 0. The van der Waals surface area contributed by atoms with Crippen LogP contribution in [0.5, 0.6) is 0 Å². The van der Waals surface area contributed by atoms with Gasteiger partial charge in [-0.2, -0.15) is 0 Å². The van der Waals surface area contributed by atoms with E-state index in [-0.39, 0.29) is 34.8 Å². The molecule has 0 saturated heterocycles. The van der Waals surface area contributed by atoms with Gasteiger partial charge in [0.15, 0.2) is 0 Å². The Morgan fingerprint density at radius 1 is 1.38 bits per heavy atom. The molecule has 1 aromatic heterocycles. The van der Waals surface area contributed by atoms with Gasteiger partial charge in [-0.25, -0.2) is 9.78 Å². The minimum Gasteiger partial charge on any atom is -0.463 e. The van der Waals surface area contributed by atoms with Crippen LogP contribution in [0.2, 0.25) is 0 Å². The summed E-state index contributed by atoms with van der Waals surface area (Å²) in [4.78, 5) is 42.6. The van der Waals surface area contributed by atoms with Crippen molar-refractivity contribution in [2.45, 2.75) is 19.8 Å². The monoisotopic (exact) mass is 356 g/mol. The number of aromatic amines is 1. The van der Waals surface area contributed by atoms with E-state index in [0.717, 1.165) is 0 Å². The SMILES string of the molecule is CCOC(=O)C1=C(C)Nc2nc[nH]c(=O)c2C1c1ccccc1[N+](=O)[O-]. The molecular weight excluding hydrogens is 340 g/mol. The number of esters is 1. The van der Waals surface area contributed by atoms with Crippen molar-refractivity contribution < 1.29 is 14.5 Å². The van der Waals surface area contributed by atoms with Crippen molar-refractivity contribution in [1.82, 2.24) is 9.97 Å². The molecule has 0 spiro atoms. The Kier molecular flexibility index (Phi) is 4.53. The molecular formula is C17H16N4O5. The molecule has 1 unspecified atom stereocenters. The number of hydrogen-bond acceptors (Lipinski definition) is 7. The fraction of sp³-hybridized carbons (Fsp3) is 0.235. The number of nitrogens with zero attached hydrogens (tertiary/aromatic N) is 2. The lowest BCUT2D eigenvalue weighted by Gasteiger charge is -2.28. The van der Waals surface area contributed by atoms with Crippen LogP contribution in [-0.2, 0) is 9.53 Å². The first-order valence-electron chi connectivity index (χ1n) is 7.91. The fourth-order valence-corrected chi connectivity index (χ4v) is 3.07. The molecule has 0 amide bonds. The first-order chi connectivity index (χ1) is 12.5. The standard InChI is InChI=1S/C17H16N4O5/c1-3-26-17(23)12-9(2)20-15-14(16(22)19-8-18-15)13(12)10-6-4-5-7-11(10)21(24)25/h4-8,13H,3H2,1-2H3,(H2,18,19,20,22). The van der Waals surface area contributed by atoms with Crippen molar-refractivity contribution in [2.24, 2.45) is 0 Å². The lowest BCUT2D eigenvalue weighted by molar-refractivity contribution is -0.385. The van der Waals surface area contributed by atoms with Crippen LogP contribution in [0.15, 0.2) is 46.7 Å². The van der Waals surface area contributed by atoms with Gasteiger partial charge in [-0.05, 0) is 13.8 Å². The average Bonchev–Trinajstić information content (AvgIpc) is 2.60. The molecule has 2 N–H and O–H groups in total. The number of fused-ring (bicyclic) bond motifs is 1. The Hall–Kier alpha value is -3.49. The molecule has 0 aliphatic carbocycles. The van der Waals surface area contributed by atoms with Crippen LogP contribution in [0.1, 0.15) is 30.9 Å². The van der Waals surface area contributed by atoms with E-state index in [1.165, 1.54) is 24.5 Å². The normalized spacial score (nSPS) is 15.8. The number of para-hydroxylation sites is 1. The van der Waals surface area contributed by atoms with Crippen molar-refractivity contribution in [1.29, 1.82) is 0 Å². The maximum atomic E-state index is 12.6. The second kappa shape index (κ2) is 6.79. The third-order valence-electron chi connectivity index (χ3n) is 4.12. The van der Waals surface area contributed by atoms with Gasteiger partial charge in [0.1, 0.15) is 5.82 Å². The summed E-state index contributed by atoms with van der Waals surface area (Å²) in [5, 5.41) is 14.4. The Labute approximate surface area is 147 Å². The van der Waals surface area contributed by atoms with E-state index in [1.54, 1.807) is 19.9 Å². The van der Waals surface area contributed by atoms with Crippen LogP contribution in [-0.4, -0.2) is 27.5 Å². The third kappa shape index (κ3) is 2.83. The number of nitro groups is 1. The lowest BCUT2D eigenvalue weighted by atomic mass is 9.81. The molecule has 134 valence electrons. The van der Waals surface area contributed by atoms with Gasteiger partial charge < -0.3 is 15.0 Å². The highest BCUT2D eigenvalue weighted by Crippen LogP contribution is 2.42. The number of nitrogens with one attached hydrogen (secondary N) is 2. The highest BCUT2D eigenvalue weighted by atomic mass is 16.6. The number of rotatable bonds is 4. The number of benzene rings is 1. The summed E-state index contributed by atoms with van der Waals surface area (Å²) >= 11 is 0. The molecule has 9 heteroatoms. The Morgan fingerprint density at radius 2 is 2.12 bits per heavy atom. The highest BCUT2D eigenvalue weighted by molar-refractivity contribution is 5.94. The number of H-pyrrole nitrogens is 1. The second-order valence-corrected chi connectivity index (χ2v) is 5.63. The van der Waals surface area contributed by atoms with E-state index in [1.807, 2.05) is 0 Å². The molecule has 0 saturated carbocycles. The van der Waals surface area contributed by atoms with Crippen molar-refractivity contribution in [3.8, 4) is 0 Å². The number of carbonyl (C=O) groups is 1. The maximum absolute atomic E-state index is 12.6. The molecule has 1 aromatic carbocycles.